The van der Waals surface area contributed by atoms with E-state index >= 15 is 0 Å². The zero-order valence-corrected chi connectivity index (χ0v) is 45.2. The molecule has 0 spiro atoms. The topological polar surface area (TPSA) is 162 Å². The fourth-order valence-corrected chi connectivity index (χ4v) is 9.50. The van der Waals surface area contributed by atoms with Crippen molar-refractivity contribution < 1.29 is 52.5 Å². The van der Waals surface area contributed by atoms with Crippen LogP contribution in [0.4, 0.5) is 11.4 Å². The fraction of sp³-hybridized carbons (Fsp3) is 0.344. The van der Waals surface area contributed by atoms with Crippen molar-refractivity contribution in [3.63, 3.8) is 0 Å². The summed E-state index contributed by atoms with van der Waals surface area (Å²) in [5.74, 6) is -0.126. The number of hydrogen-bond acceptors (Lipinski definition) is 13. The van der Waals surface area contributed by atoms with Gasteiger partial charge in [0.15, 0.2) is 23.8 Å². The molecule has 2 aliphatic heterocycles. The Bertz CT molecular complexity index is 2720. The number of ketones is 2. The highest BCUT2D eigenvalue weighted by Gasteiger charge is 2.31. The largest absolute Gasteiger partial charge is 0.481 e. The standard InChI is InChI=1S/C64H70N4O11/c1-3-5-17-57(78-55-31-23-49(24-32-55)59(69)47-13-9-7-10-14-47)61(71)67-39-35-65(36-40-67)53-27-19-51(20-28-53)63(73)76-45-43-75-44-46-77-64(74)52-21-29-54(30-22-52)66-37-41-68(42-38-66)62(72)58(18-6-4-2)79-56-33-25-50(26-34-56)60(70)48-15-11-8-12-16-48/h7-16,19-34,57-58H,3-6,17-18,35-46H2,1-2H3. The first-order valence-electron chi connectivity index (χ1n) is 27.5. The molecule has 0 aromatic heterocycles. The average Bonchev–Trinajstić information content (AvgIpc) is 3.52. The van der Waals surface area contributed by atoms with E-state index in [1.54, 1.807) is 97.1 Å². The van der Waals surface area contributed by atoms with E-state index in [0.29, 0.717) is 110 Å². The highest BCUT2D eigenvalue weighted by atomic mass is 16.6. The van der Waals surface area contributed by atoms with Gasteiger partial charge in [-0.05, 0) is 123 Å². The van der Waals surface area contributed by atoms with Gasteiger partial charge in [0, 0.05) is 86.0 Å². The minimum Gasteiger partial charge on any atom is -0.481 e. The summed E-state index contributed by atoms with van der Waals surface area (Å²) in [7, 11) is 0. The van der Waals surface area contributed by atoms with Crippen LogP contribution < -0.4 is 19.3 Å². The first-order chi connectivity index (χ1) is 38.6. The molecule has 0 radical (unpaired) electrons. The van der Waals surface area contributed by atoms with Crippen LogP contribution in [0.3, 0.4) is 0 Å². The van der Waals surface area contributed by atoms with Gasteiger partial charge in [0.25, 0.3) is 11.8 Å². The van der Waals surface area contributed by atoms with Gasteiger partial charge < -0.3 is 43.3 Å². The summed E-state index contributed by atoms with van der Waals surface area (Å²) in [5.41, 5.74) is 5.00. The Kier molecular flexibility index (Phi) is 20.8. The Morgan fingerprint density at radius 3 is 1.06 bits per heavy atom. The third kappa shape index (κ3) is 15.9. The number of benzene rings is 6. The second-order valence-corrected chi connectivity index (χ2v) is 19.5. The molecular formula is C64H70N4O11. The molecular weight excluding hydrogens is 1000 g/mol. The van der Waals surface area contributed by atoms with E-state index < -0.39 is 24.1 Å². The summed E-state index contributed by atoms with van der Waals surface area (Å²) in [6, 6.07) is 46.5. The number of nitrogens with zero attached hydrogens (tertiary/aromatic N) is 4. The van der Waals surface area contributed by atoms with E-state index in [1.807, 2.05) is 70.5 Å². The van der Waals surface area contributed by atoms with Crippen molar-refractivity contribution in [2.45, 2.75) is 64.6 Å². The number of carbonyl (C=O) groups is 6. The summed E-state index contributed by atoms with van der Waals surface area (Å²) in [6.45, 7) is 9.04. The summed E-state index contributed by atoms with van der Waals surface area (Å²) >= 11 is 0. The predicted molar refractivity (Wildman–Crippen MR) is 302 cm³/mol. The van der Waals surface area contributed by atoms with Crippen molar-refractivity contribution in [1.29, 1.82) is 0 Å². The van der Waals surface area contributed by atoms with Gasteiger partial charge >= 0.3 is 11.9 Å². The number of unbranched alkanes of at least 4 members (excludes halogenated alkanes) is 2. The number of ether oxygens (including phenoxy) is 5. The third-order valence-electron chi connectivity index (χ3n) is 14.1. The summed E-state index contributed by atoms with van der Waals surface area (Å²) in [4.78, 5) is 87.0. The van der Waals surface area contributed by atoms with Gasteiger partial charge in [0.1, 0.15) is 24.7 Å². The monoisotopic (exact) mass is 1070 g/mol. The molecule has 0 N–H and O–H groups in total. The average molecular weight is 1070 g/mol. The maximum atomic E-state index is 13.8. The zero-order chi connectivity index (χ0) is 55.3. The van der Waals surface area contributed by atoms with Crippen LogP contribution in [0, 0.1) is 0 Å². The van der Waals surface area contributed by atoms with E-state index in [1.165, 1.54) is 0 Å². The lowest BCUT2D eigenvalue weighted by Gasteiger charge is -2.37. The molecule has 2 unspecified atom stereocenters. The van der Waals surface area contributed by atoms with Crippen LogP contribution in [0.15, 0.2) is 158 Å². The van der Waals surface area contributed by atoms with Gasteiger partial charge in [-0.1, -0.05) is 87.4 Å². The Labute approximate surface area is 462 Å². The van der Waals surface area contributed by atoms with E-state index in [0.717, 1.165) is 37.1 Å². The predicted octanol–water partition coefficient (Wildman–Crippen LogP) is 9.75. The molecule has 2 amide bonds. The van der Waals surface area contributed by atoms with Crippen LogP contribution in [0.1, 0.15) is 105 Å². The van der Waals surface area contributed by atoms with Gasteiger partial charge in [-0.15, -0.1) is 0 Å². The number of carbonyl (C=O) groups excluding carboxylic acids is 6. The molecule has 2 fully saturated rings. The first-order valence-corrected chi connectivity index (χ1v) is 27.5. The normalized spacial score (nSPS) is 14.2. The van der Waals surface area contributed by atoms with Crippen molar-refractivity contribution in [1.82, 2.24) is 9.80 Å². The molecule has 2 atom stereocenters. The van der Waals surface area contributed by atoms with E-state index in [-0.39, 0.29) is 49.8 Å². The number of hydrogen-bond donors (Lipinski definition) is 0. The van der Waals surface area contributed by atoms with Gasteiger partial charge in [0.05, 0.1) is 24.3 Å². The molecule has 6 aromatic carbocycles. The lowest BCUT2D eigenvalue weighted by atomic mass is 10.0. The Hall–Kier alpha value is -8.30. The van der Waals surface area contributed by atoms with Crippen molar-refractivity contribution in [3.8, 4) is 11.5 Å². The SMILES string of the molecule is CCCCC(Oc1ccc(C(=O)c2ccccc2)cc1)C(=O)N1CCN(c2ccc(C(=O)OCCOCCOC(=O)c3ccc(N4CCN(C(=O)C(CCCC)Oc5ccc(C(=O)c6ccccc6)cc5)CC4)cc3)cc2)CC1. The maximum Gasteiger partial charge on any atom is 0.338 e. The minimum atomic E-state index is -0.635. The minimum absolute atomic E-state index is 0.0260. The highest BCUT2D eigenvalue weighted by Crippen LogP contribution is 2.25. The number of esters is 2. The molecule has 2 saturated heterocycles. The Balaban J connectivity index is 0.694. The number of piperazine rings is 2. The molecule has 2 heterocycles. The van der Waals surface area contributed by atoms with Crippen molar-refractivity contribution in [3.05, 3.63) is 191 Å². The van der Waals surface area contributed by atoms with Gasteiger partial charge in [-0.3, -0.25) is 19.2 Å². The van der Waals surface area contributed by atoms with E-state index in [2.05, 4.69) is 23.6 Å². The molecule has 15 nitrogen and oxygen atoms in total. The molecule has 0 saturated carbocycles. The van der Waals surface area contributed by atoms with Crippen molar-refractivity contribution >= 4 is 46.7 Å². The second-order valence-electron chi connectivity index (χ2n) is 19.5. The van der Waals surface area contributed by atoms with Crippen LogP contribution in [-0.4, -0.2) is 136 Å². The molecule has 0 aliphatic carbocycles. The highest BCUT2D eigenvalue weighted by molar-refractivity contribution is 6.09. The van der Waals surface area contributed by atoms with Gasteiger partial charge in [-0.25, -0.2) is 9.59 Å². The third-order valence-corrected chi connectivity index (χ3v) is 14.1. The quantitative estimate of drug-likeness (QED) is 0.0287. The molecule has 8 rings (SSSR count). The lowest BCUT2D eigenvalue weighted by Crippen LogP contribution is -2.52. The summed E-state index contributed by atoms with van der Waals surface area (Å²) in [5, 5.41) is 0. The second kappa shape index (κ2) is 28.9. The van der Waals surface area contributed by atoms with Crippen LogP contribution in [0.5, 0.6) is 11.5 Å². The van der Waals surface area contributed by atoms with Crippen LogP contribution in [0.2, 0.25) is 0 Å². The summed E-state index contributed by atoms with van der Waals surface area (Å²) < 4.78 is 28.9. The fourth-order valence-electron chi connectivity index (χ4n) is 9.50. The molecule has 0 bridgehead atoms. The van der Waals surface area contributed by atoms with Crippen molar-refractivity contribution in [2.24, 2.45) is 0 Å². The Morgan fingerprint density at radius 2 is 0.722 bits per heavy atom. The number of amides is 2. The first kappa shape index (κ1) is 56.9. The molecule has 2 aliphatic rings. The maximum absolute atomic E-state index is 13.8. The molecule has 79 heavy (non-hydrogen) atoms. The Morgan fingerprint density at radius 1 is 0.392 bits per heavy atom. The lowest BCUT2D eigenvalue weighted by molar-refractivity contribution is -0.140. The molecule has 15 heteroatoms. The van der Waals surface area contributed by atoms with E-state index in [9.17, 15) is 28.8 Å². The summed E-state index contributed by atoms with van der Waals surface area (Å²) in [6.07, 6.45) is 3.44. The smallest absolute Gasteiger partial charge is 0.338 e. The van der Waals surface area contributed by atoms with Crippen LogP contribution in [0.25, 0.3) is 0 Å². The molecule has 6 aromatic rings. The van der Waals surface area contributed by atoms with Crippen molar-refractivity contribution in [2.75, 3.05) is 88.6 Å². The molecule has 412 valence electrons. The van der Waals surface area contributed by atoms with Gasteiger partial charge in [0.2, 0.25) is 0 Å². The number of anilines is 2. The zero-order valence-electron chi connectivity index (χ0n) is 45.2. The number of rotatable bonds is 26. The van der Waals surface area contributed by atoms with Crippen LogP contribution >= 0.6 is 0 Å². The van der Waals surface area contributed by atoms with E-state index in [4.69, 9.17) is 23.7 Å². The van der Waals surface area contributed by atoms with Crippen LogP contribution in [-0.2, 0) is 23.8 Å². The van der Waals surface area contributed by atoms with Gasteiger partial charge in [-0.2, -0.15) is 0 Å².